The van der Waals surface area contributed by atoms with E-state index in [0.717, 1.165) is 8.71 Å². The summed E-state index contributed by atoms with van der Waals surface area (Å²) in [6.07, 6.45) is 3.17. The van der Waals surface area contributed by atoms with Gasteiger partial charge in [0.25, 0.3) is 0 Å². The summed E-state index contributed by atoms with van der Waals surface area (Å²) in [5.74, 6) is 0.673. The third-order valence-corrected chi connectivity index (χ3v) is 2.55. The molecule has 2 aromatic heterocycles. The Labute approximate surface area is 86.4 Å². The van der Waals surface area contributed by atoms with E-state index in [1.54, 1.807) is 12.3 Å². The Morgan fingerprint density at radius 3 is 2.92 bits per heavy atom. The molecule has 60 valence electrons. The first-order valence-corrected chi connectivity index (χ1v) is 4.97. The fourth-order valence-electron chi connectivity index (χ4n) is 0.732. The molecule has 2 rings (SSSR count). The quantitative estimate of drug-likeness (QED) is 0.749. The smallest absolute Gasteiger partial charge is 0.192 e. The van der Waals surface area contributed by atoms with Gasteiger partial charge in [-0.05, 0) is 40.2 Å². The highest BCUT2D eigenvalue weighted by Crippen LogP contribution is 2.15. The van der Waals surface area contributed by atoms with Crippen LogP contribution in [-0.4, -0.2) is 19.3 Å². The Bertz CT molecular complexity index is 374. The van der Waals surface area contributed by atoms with Crippen molar-refractivity contribution in [2.45, 2.75) is 0 Å². The zero-order valence-electron chi connectivity index (χ0n) is 5.81. The van der Waals surface area contributed by atoms with E-state index in [1.807, 2.05) is 0 Å². The third kappa shape index (κ3) is 1.58. The van der Waals surface area contributed by atoms with Crippen molar-refractivity contribution in [1.82, 2.24) is 19.3 Å². The number of rotatable bonds is 1. The van der Waals surface area contributed by atoms with Crippen molar-refractivity contribution in [3.8, 4) is 11.5 Å². The maximum Gasteiger partial charge on any atom is 0.192 e. The molecule has 6 heteroatoms. The highest BCUT2D eigenvalue weighted by Gasteiger charge is 2.04. The summed E-state index contributed by atoms with van der Waals surface area (Å²) in [5, 5.41) is 0. The molecular weight excluding hydrogens is 287 g/mol. The molecule has 0 aliphatic rings. The Morgan fingerprint density at radius 2 is 2.33 bits per heavy atom. The molecule has 0 N–H and O–H groups in total. The van der Waals surface area contributed by atoms with Gasteiger partial charge in [0.1, 0.15) is 12.0 Å². The van der Waals surface area contributed by atoms with Gasteiger partial charge in [-0.1, -0.05) is 0 Å². The van der Waals surface area contributed by atoms with Crippen LogP contribution in [0.4, 0.5) is 0 Å². The Balaban J connectivity index is 2.45. The second-order valence-electron chi connectivity index (χ2n) is 1.97. The number of hydrogen-bond donors (Lipinski definition) is 0. The highest BCUT2D eigenvalue weighted by atomic mass is 127. The molecule has 0 spiro atoms. The van der Waals surface area contributed by atoms with E-state index in [1.165, 1.54) is 17.9 Å². The molecule has 2 aromatic rings. The summed E-state index contributed by atoms with van der Waals surface area (Å²) in [6.45, 7) is 0. The molecule has 0 saturated heterocycles. The molecule has 0 amide bonds. The summed E-state index contributed by atoms with van der Waals surface area (Å²) in [4.78, 5) is 12.0. The Morgan fingerprint density at radius 1 is 1.42 bits per heavy atom. The summed E-state index contributed by atoms with van der Waals surface area (Å²) >= 11 is 3.49. The average molecular weight is 290 g/mol. The molecule has 0 unspecified atom stereocenters. The Kier molecular flexibility index (Phi) is 2.26. The first kappa shape index (κ1) is 7.99. The van der Waals surface area contributed by atoms with E-state index in [9.17, 15) is 0 Å². The van der Waals surface area contributed by atoms with E-state index >= 15 is 0 Å². The van der Waals surface area contributed by atoms with Crippen LogP contribution >= 0.6 is 34.1 Å². The van der Waals surface area contributed by atoms with Crippen molar-refractivity contribution >= 4 is 34.1 Å². The first-order chi connectivity index (χ1) is 5.86. The fourth-order valence-corrected chi connectivity index (χ4v) is 1.68. The molecule has 2 heterocycles. The monoisotopic (exact) mass is 290 g/mol. The summed E-state index contributed by atoms with van der Waals surface area (Å²) < 4.78 is 5.04. The van der Waals surface area contributed by atoms with Crippen molar-refractivity contribution in [3.05, 3.63) is 21.6 Å². The van der Waals surface area contributed by atoms with Gasteiger partial charge in [-0.3, -0.25) is 0 Å². The van der Waals surface area contributed by atoms with Gasteiger partial charge >= 0.3 is 0 Å². The fraction of sp³-hybridized carbons (Fsp3) is 0. The molecule has 12 heavy (non-hydrogen) atoms. The van der Waals surface area contributed by atoms with Gasteiger partial charge in [-0.15, -0.1) is 0 Å². The zero-order valence-corrected chi connectivity index (χ0v) is 8.78. The van der Waals surface area contributed by atoms with Crippen LogP contribution in [0.25, 0.3) is 11.5 Å². The van der Waals surface area contributed by atoms with Crippen LogP contribution in [0, 0.1) is 3.01 Å². The second kappa shape index (κ2) is 3.40. The number of aromatic nitrogens is 4. The number of halogens is 1. The summed E-state index contributed by atoms with van der Waals surface area (Å²) in [7, 11) is 0. The first-order valence-electron chi connectivity index (χ1n) is 3.12. The minimum absolute atomic E-state index is 0.673. The van der Waals surface area contributed by atoms with E-state index < -0.39 is 0 Å². The van der Waals surface area contributed by atoms with Crippen molar-refractivity contribution in [2.75, 3.05) is 0 Å². The topological polar surface area (TPSA) is 51.6 Å². The van der Waals surface area contributed by atoms with Crippen LogP contribution in [0.15, 0.2) is 18.6 Å². The lowest BCUT2D eigenvalue weighted by atomic mass is 10.4. The molecule has 0 saturated carbocycles. The minimum Gasteiger partial charge on any atom is -0.245 e. The summed E-state index contributed by atoms with van der Waals surface area (Å²) in [6, 6.07) is 1.79. The van der Waals surface area contributed by atoms with Gasteiger partial charge < -0.3 is 0 Å². The number of hydrogen-bond acceptors (Lipinski definition) is 5. The zero-order chi connectivity index (χ0) is 8.39. The molecule has 0 atom stereocenters. The van der Waals surface area contributed by atoms with Crippen LogP contribution in [0.2, 0.25) is 0 Å². The maximum atomic E-state index is 4.18. The van der Waals surface area contributed by atoms with Gasteiger partial charge in [-0.25, -0.2) is 15.0 Å². The lowest BCUT2D eigenvalue weighted by Gasteiger charge is -1.89. The molecule has 4 nitrogen and oxygen atoms in total. The average Bonchev–Trinajstić information content (AvgIpc) is 2.54. The predicted octanol–water partition coefficient (Wildman–Crippen LogP) is 1.60. The number of nitrogens with zero attached hydrogens (tertiary/aromatic N) is 4. The van der Waals surface area contributed by atoms with Crippen LogP contribution in [0.1, 0.15) is 0 Å². The molecule has 0 fully saturated rings. The van der Waals surface area contributed by atoms with Crippen molar-refractivity contribution in [1.29, 1.82) is 0 Å². The largest absolute Gasteiger partial charge is 0.245 e. The second-order valence-corrected chi connectivity index (χ2v) is 4.47. The van der Waals surface area contributed by atoms with Crippen LogP contribution in [-0.2, 0) is 0 Å². The molecule has 0 radical (unpaired) electrons. The van der Waals surface area contributed by atoms with E-state index in [0.29, 0.717) is 5.82 Å². The van der Waals surface area contributed by atoms with Gasteiger partial charge in [0.2, 0.25) is 0 Å². The lowest BCUT2D eigenvalue weighted by Crippen LogP contribution is -1.85. The molecular formula is C6H3IN4S. The van der Waals surface area contributed by atoms with E-state index in [-0.39, 0.29) is 0 Å². The van der Waals surface area contributed by atoms with E-state index in [2.05, 4.69) is 41.9 Å². The van der Waals surface area contributed by atoms with Crippen LogP contribution < -0.4 is 0 Å². The summed E-state index contributed by atoms with van der Waals surface area (Å²) in [5.41, 5.74) is 0.768. The van der Waals surface area contributed by atoms with Crippen molar-refractivity contribution in [2.24, 2.45) is 0 Å². The van der Waals surface area contributed by atoms with Gasteiger partial charge in [0.05, 0.1) is 0 Å². The molecule has 0 aliphatic heterocycles. The van der Waals surface area contributed by atoms with Gasteiger partial charge in [-0.2, -0.15) is 4.37 Å². The normalized spacial score (nSPS) is 10.1. The third-order valence-electron chi connectivity index (χ3n) is 1.21. The van der Waals surface area contributed by atoms with E-state index in [4.69, 9.17) is 0 Å². The minimum atomic E-state index is 0.673. The maximum absolute atomic E-state index is 4.18. The molecule has 0 aliphatic carbocycles. The SMILES string of the molecule is Ic1nc(-c2ccncn2)ns1. The van der Waals surface area contributed by atoms with Gasteiger partial charge in [0.15, 0.2) is 8.84 Å². The predicted molar refractivity (Wildman–Crippen MR) is 53.7 cm³/mol. The lowest BCUT2D eigenvalue weighted by molar-refractivity contribution is 1.14. The Hall–Kier alpha value is -0.630. The standard InChI is InChI=1S/C6H3IN4S/c7-6-10-5(11-12-6)4-1-2-8-3-9-4/h1-3H. The van der Waals surface area contributed by atoms with Crippen LogP contribution in [0.5, 0.6) is 0 Å². The molecule has 0 bridgehead atoms. The molecule has 0 aromatic carbocycles. The van der Waals surface area contributed by atoms with Crippen molar-refractivity contribution < 1.29 is 0 Å². The van der Waals surface area contributed by atoms with Crippen LogP contribution in [0.3, 0.4) is 0 Å². The van der Waals surface area contributed by atoms with Crippen molar-refractivity contribution in [3.63, 3.8) is 0 Å². The van der Waals surface area contributed by atoms with Gasteiger partial charge in [0, 0.05) is 6.20 Å². The highest BCUT2D eigenvalue weighted by molar-refractivity contribution is 14.1.